The van der Waals surface area contributed by atoms with Gasteiger partial charge in [-0.1, -0.05) is 72.8 Å². The third kappa shape index (κ3) is 9.21. The Hall–Kier alpha value is -4.07. The summed E-state index contributed by atoms with van der Waals surface area (Å²) in [5, 5.41) is 20.2. The summed E-state index contributed by atoms with van der Waals surface area (Å²) < 4.78 is 21.3. The van der Waals surface area contributed by atoms with Crippen molar-refractivity contribution in [3.8, 4) is 0 Å². The number of carbonyl (C=O) groups is 2. The van der Waals surface area contributed by atoms with Crippen molar-refractivity contribution in [3.05, 3.63) is 89.8 Å². The molecule has 4 N–H and O–H groups in total. The SMILES string of the molecule is CCCC(O)(CNC(=O)c1nccc(Sc2cnc(Nc3ccc(CNC(=O)OC(C)(C)C)cn3)s2)c1F)c1ccccc1. The molecule has 1 atom stereocenters. The number of hydrogen-bond donors (Lipinski definition) is 4. The van der Waals surface area contributed by atoms with Crippen molar-refractivity contribution < 1.29 is 23.8 Å². The number of thiazole rings is 1. The van der Waals surface area contributed by atoms with Crippen LogP contribution >= 0.6 is 23.1 Å². The number of ether oxygens (including phenoxy) is 1. The highest BCUT2D eigenvalue weighted by Gasteiger charge is 2.30. The maximum absolute atomic E-state index is 15.4. The molecule has 2 amide bonds. The molecule has 4 aromatic rings. The van der Waals surface area contributed by atoms with Crippen LogP contribution in [0.1, 0.15) is 62.2 Å². The molecule has 0 aliphatic carbocycles. The molecule has 10 nitrogen and oxygen atoms in total. The number of rotatable bonds is 12. The molecular formula is C31H35FN6O4S2. The number of aliphatic hydroxyl groups is 1. The molecule has 3 aromatic heterocycles. The summed E-state index contributed by atoms with van der Waals surface area (Å²) >= 11 is 2.41. The lowest BCUT2D eigenvalue weighted by atomic mass is 9.89. The maximum Gasteiger partial charge on any atom is 0.407 e. The van der Waals surface area contributed by atoms with Gasteiger partial charge in [0.2, 0.25) is 0 Å². The number of carbonyl (C=O) groups excluding carboxylic acids is 2. The van der Waals surface area contributed by atoms with E-state index in [4.69, 9.17) is 4.74 Å². The summed E-state index contributed by atoms with van der Waals surface area (Å²) in [4.78, 5) is 37.7. The number of nitrogens with one attached hydrogen (secondary N) is 3. The molecule has 13 heteroatoms. The number of nitrogens with zero attached hydrogens (tertiary/aromatic N) is 3. The number of halogens is 1. The first-order chi connectivity index (χ1) is 21.0. The van der Waals surface area contributed by atoms with Gasteiger partial charge < -0.3 is 25.8 Å². The van der Waals surface area contributed by atoms with Crippen LogP contribution in [0, 0.1) is 5.82 Å². The van der Waals surface area contributed by atoms with E-state index >= 15 is 4.39 Å². The fourth-order valence-corrected chi connectivity index (χ4v) is 6.01. The van der Waals surface area contributed by atoms with Gasteiger partial charge in [0.05, 0.1) is 21.8 Å². The Balaban J connectivity index is 1.34. The first-order valence-electron chi connectivity index (χ1n) is 14.0. The number of alkyl carbamates (subject to hydrolysis) is 1. The number of anilines is 2. The van der Waals surface area contributed by atoms with E-state index in [9.17, 15) is 14.7 Å². The van der Waals surface area contributed by atoms with Crippen molar-refractivity contribution in [2.45, 2.75) is 67.4 Å². The molecule has 3 heterocycles. The second kappa shape index (κ2) is 14.6. The Kier molecular flexibility index (Phi) is 10.9. The lowest BCUT2D eigenvalue weighted by Crippen LogP contribution is -2.41. The Morgan fingerprint density at radius 3 is 2.48 bits per heavy atom. The summed E-state index contributed by atoms with van der Waals surface area (Å²) in [6.07, 6.45) is 5.22. The lowest BCUT2D eigenvalue weighted by Gasteiger charge is -2.28. The zero-order chi connectivity index (χ0) is 31.7. The summed E-state index contributed by atoms with van der Waals surface area (Å²) in [7, 11) is 0. The standard InChI is InChI=1S/C31H35FN6O4S2/c1-5-14-31(41,21-9-7-6-8-10-21)19-37-27(39)26-25(32)22(13-15-33-26)43-24-18-35-28(44-24)38-23-12-11-20(16-34-23)17-36-29(40)42-30(2,3)4/h6-13,15-16,18,41H,5,14,17,19H2,1-4H3,(H,36,40)(H,37,39)(H,34,35,38). The number of hydrogen-bond acceptors (Lipinski definition) is 10. The number of pyridine rings is 2. The van der Waals surface area contributed by atoms with Crippen LogP contribution in [0.5, 0.6) is 0 Å². The molecule has 0 fully saturated rings. The van der Waals surface area contributed by atoms with E-state index in [-0.39, 0.29) is 23.7 Å². The van der Waals surface area contributed by atoms with Gasteiger partial charge in [-0.25, -0.2) is 24.1 Å². The summed E-state index contributed by atoms with van der Waals surface area (Å²) in [6.45, 7) is 7.52. The van der Waals surface area contributed by atoms with E-state index in [0.717, 1.165) is 17.3 Å². The molecule has 232 valence electrons. The van der Waals surface area contributed by atoms with Crippen molar-refractivity contribution in [1.29, 1.82) is 0 Å². The maximum atomic E-state index is 15.4. The Morgan fingerprint density at radius 1 is 1.02 bits per heavy atom. The molecule has 44 heavy (non-hydrogen) atoms. The molecule has 0 spiro atoms. The Labute approximate surface area is 263 Å². The van der Waals surface area contributed by atoms with E-state index in [1.807, 2.05) is 31.2 Å². The van der Waals surface area contributed by atoms with Crippen LogP contribution in [0.15, 0.2) is 76.2 Å². The van der Waals surface area contributed by atoms with Crippen LogP contribution in [0.25, 0.3) is 0 Å². The van der Waals surface area contributed by atoms with Gasteiger partial charge in [-0.15, -0.1) is 0 Å². The third-order valence-electron chi connectivity index (χ3n) is 6.18. The number of aromatic nitrogens is 3. The molecule has 0 aliphatic heterocycles. The van der Waals surface area contributed by atoms with Gasteiger partial charge in [0.1, 0.15) is 17.0 Å². The van der Waals surface area contributed by atoms with Crippen LogP contribution < -0.4 is 16.0 Å². The zero-order valence-electron chi connectivity index (χ0n) is 24.9. The molecule has 1 unspecified atom stereocenters. The van der Waals surface area contributed by atoms with Crippen LogP contribution in [0.4, 0.5) is 20.1 Å². The van der Waals surface area contributed by atoms with E-state index < -0.39 is 29.0 Å². The predicted molar refractivity (Wildman–Crippen MR) is 169 cm³/mol. The average Bonchev–Trinajstić information content (AvgIpc) is 3.43. The van der Waals surface area contributed by atoms with Gasteiger partial charge in [-0.05, 0) is 50.5 Å². The smallest absolute Gasteiger partial charge is 0.407 e. The molecule has 4 rings (SSSR count). The summed E-state index contributed by atoms with van der Waals surface area (Å²) in [5.41, 5.74) is -0.746. The second-order valence-corrected chi connectivity index (χ2v) is 13.3. The van der Waals surface area contributed by atoms with Gasteiger partial charge in [0, 0.05) is 18.9 Å². The van der Waals surface area contributed by atoms with Crippen LogP contribution in [-0.4, -0.2) is 44.2 Å². The molecule has 0 radical (unpaired) electrons. The van der Waals surface area contributed by atoms with Crippen molar-refractivity contribution in [1.82, 2.24) is 25.6 Å². The monoisotopic (exact) mass is 638 g/mol. The van der Waals surface area contributed by atoms with Gasteiger partial charge in [0.25, 0.3) is 5.91 Å². The summed E-state index contributed by atoms with van der Waals surface area (Å²) in [5.74, 6) is -0.920. The first-order valence-corrected chi connectivity index (χ1v) is 15.6. The molecule has 0 bridgehead atoms. The topological polar surface area (TPSA) is 138 Å². The van der Waals surface area contributed by atoms with Gasteiger partial charge in [-0.3, -0.25) is 4.79 Å². The highest BCUT2D eigenvalue weighted by atomic mass is 32.2. The van der Waals surface area contributed by atoms with E-state index in [2.05, 4.69) is 30.9 Å². The largest absolute Gasteiger partial charge is 0.444 e. The van der Waals surface area contributed by atoms with Crippen molar-refractivity contribution >= 4 is 46.0 Å². The highest BCUT2D eigenvalue weighted by molar-refractivity contribution is 8.01. The Morgan fingerprint density at radius 2 is 1.80 bits per heavy atom. The minimum atomic E-state index is -1.29. The van der Waals surface area contributed by atoms with E-state index in [1.54, 1.807) is 51.4 Å². The normalized spacial score (nSPS) is 12.7. The van der Waals surface area contributed by atoms with Crippen molar-refractivity contribution in [2.75, 3.05) is 11.9 Å². The average molecular weight is 639 g/mol. The summed E-state index contributed by atoms with van der Waals surface area (Å²) in [6, 6.07) is 14.2. The molecule has 0 saturated heterocycles. The predicted octanol–water partition coefficient (Wildman–Crippen LogP) is 6.41. The number of benzene rings is 1. The van der Waals surface area contributed by atoms with Crippen LogP contribution in [0.3, 0.4) is 0 Å². The van der Waals surface area contributed by atoms with Gasteiger partial charge >= 0.3 is 6.09 Å². The minimum Gasteiger partial charge on any atom is -0.444 e. The fourth-order valence-electron chi connectivity index (χ4n) is 4.14. The highest BCUT2D eigenvalue weighted by Crippen LogP contribution is 2.36. The first kappa shape index (κ1) is 32.8. The lowest BCUT2D eigenvalue weighted by molar-refractivity contribution is 0.0260. The third-order valence-corrected chi connectivity index (χ3v) is 8.22. The second-order valence-electron chi connectivity index (χ2n) is 10.9. The molecule has 0 saturated carbocycles. The van der Waals surface area contributed by atoms with Crippen molar-refractivity contribution in [3.63, 3.8) is 0 Å². The number of amides is 2. The zero-order valence-corrected chi connectivity index (χ0v) is 26.5. The van der Waals surface area contributed by atoms with Gasteiger partial charge in [0.15, 0.2) is 16.6 Å². The van der Waals surface area contributed by atoms with E-state index in [1.165, 1.54) is 23.6 Å². The fraction of sp³-hybridized carbons (Fsp3) is 0.323. The van der Waals surface area contributed by atoms with Crippen LogP contribution in [0.2, 0.25) is 0 Å². The molecule has 1 aromatic carbocycles. The van der Waals surface area contributed by atoms with Crippen molar-refractivity contribution in [2.24, 2.45) is 0 Å². The van der Waals surface area contributed by atoms with E-state index in [0.29, 0.717) is 33.6 Å². The Bertz CT molecular complexity index is 1560. The minimum absolute atomic E-state index is 0.0820. The molecule has 0 aliphatic rings. The van der Waals surface area contributed by atoms with Gasteiger partial charge in [-0.2, -0.15) is 0 Å². The molecular weight excluding hydrogens is 604 g/mol. The van der Waals surface area contributed by atoms with Crippen LogP contribution in [-0.2, 0) is 16.9 Å². The quantitative estimate of drug-likeness (QED) is 0.139.